The number of nitrogens with one attached hydrogen (secondary N) is 1. The average Bonchev–Trinajstić information content (AvgIpc) is 3.10. The predicted molar refractivity (Wildman–Crippen MR) is 116 cm³/mol. The minimum Gasteiger partial charge on any atom is -0.352 e. The molecule has 1 amide bonds. The van der Waals surface area contributed by atoms with E-state index in [2.05, 4.69) is 10.4 Å². The number of nitrogens with zero attached hydrogens (tertiary/aromatic N) is 3. The van der Waals surface area contributed by atoms with Crippen molar-refractivity contribution in [3.8, 4) is 11.3 Å². The van der Waals surface area contributed by atoms with Crippen LogP contribution in [0.3, 0.4) is 0 Å². The minimum absolute atomic E-state index is 0.132. The number of pyridine rings is 1. The summed E-state index contributed by atoms with van der Waals surface area (Å²) in [5.74, 6) is -0.132. The van der Waals surface area contributed by atoms with Crippen molar-refractivity contribution < 1.29 is 4.79 Å². The molecule has 0 spiro atoms. The summed E-state index contributed by atoms with van der Waals surface area (Å²) in [6, 6.07) is 17.6. The van der Waals surface area contributed by atoms with E-state index < -0.39 is 0 Å². The van der Waals surface area contributed by atoms with Crippen LogP contribution in [-0.4, -0.2) is 27.2 Å². The van der Waals surface area contributed by atoms with Gasteiger partial charge in [0.2, 0.25) is 0 Å². The van der Waals surface area contributed by atoms with Crippen molar-refractivity contribution in [2.75, 3.05) is 6.54 Å². The van der Waals surface area contributed by atoms with Crippen molar-refractivity contribution in [2.45, 2.75) is 13.3 Å². The molecule has 1 N–H and O–H groups in total. The fraction of sp³-hybridized carbons (Fsp3) is 0.174. The van der Waals surface area contributed by atoms with Gasteiger partial charge in [0.25, 0.3) is 5.91 Å². The first kappa shape index (κ1) is 19.2. The highest BCUT2D eigenvalue weighted by Gasteiger charge is 2.16. The van der Waals surface area contributed by atoms with E-state index in [0.29, 0.717) is 22.8 Å². The molecule has 0 saturated carbocycles. The van der Waals surface area contributed by atoms with Crippen molar-refractivity contribution >= 4 is 28.5 Å². The van der Waals surface area contributed by atoms with Crippen LogP contribution in [0.1, 0.15) is 21.5 Å². The molecular weight excluding hydrogens is 384 g/mol. The molecule has 6 heteroatoms. The highest BCUT2D eigenvalue weighted by Crippen LogP contribution is 2.25. The number of benzene rings is 2. The van der Waals surface area contributed by atoms with Crippen molar-refractivity contribution in [3.63, 3.8) is 0 Å². The van der Waals surface area contributed by atoms with E-state index in [1.165, 1.54) is 5.56 Å². The van der Waals surface area contributed by atoms with Gasteiger partial charge in [0.05, 0.1) is 22.8 Å². The van der Waals surface area contributed by atoms with Crippen LogP contribution >= 0.6 is 11.6 Å². The Kier molecular flexibility index (Phi) is 5.32. The van der Waals surface area contributed by atoms with Crippen molar-refractivity contribution in [1.29, 1.82) is 0 Å². The zero-order valence-corrected chi connectivity index (χ0v) is 17.1. The molecule has 2 aromatic heterocycles. The van der Waals surface area contributed by atoms with E-state index in [-0.39, 0.29) is 5.91 Å². The first-order valence-electron chi connectivity index (χ1n) is 9.44. The fourth-order valence-corrected chi connectivity index (χ4v) is 3.37. The number of hydrogen-bond acceptors (Lipinski definition) is 3. The summed E-state index contributed by atoms with van der Waals surface area (Å²) in [6.07, 6.45) is 2.42. The van der Waals surface area contributed by atoms with Crippen LogP contribution < -0.4 is 5.32 Å². The summed E-state index contributed by atoms with van der Waals surface area (Å²) < 4.78 is 1.69. The van der Waals surface area contributed by atoms with Gasteiger partial charge in [0.15, 0.2) is 5.65 Å². The molecule has 0 atom stereocenters. The van der Waals surface area contributed by atoms with Crippen LogP contribution in [0.15, 0.2) is 60.8 Å². The van der Waals surface area contributed by atoms with E-state index in [0.717, 1.165) is 28.6 Å². The Morgan fingerprint density at radius 2 is 1.83 bits per heavy atom. The molecule has 2 heterocycles. The predicted octanol–water partition coefficient (Wildman–Crippen LogP) is 4.57. The van der Waals surface area contributed by atoms with Gasteiger partial charge < -0.3 is 5.32 Å². The maximum absolute atomic E-state index is 13.0. The highest BCUT2D eigenvalue weighted by atomic mass is 35.5. The molecule has 4 aromatic rings. The van der Waals surface area contributed by atoms with Gasteiger partial charge in [-0.1, -0.05) is 53.6 Å². The van der Waals surface area contributed by atoms with E-state index in [1.807, 2.05) is 68.6 Å². The number of carbonyl (C=O) groups excluding carboxylic acids is 1. The summed E-state index contributed by atoms with van der Waals surface area (Å²) in [6.45, 7) is 2.57. The van der Waals surface area contributed by atoms with Crippen LogP contribution in [0, 0.1) is 6.92 Å². The molecule has 29 heavy (non-hydrogen) atoms. The molecule has 2 aromatic carbocycles. The standard InChI is InChI=1S/C23H21ClN4O/c1-15-3-7-17(8-4-15)21-13-19(20-14-26-28(2)22(20)27-21)23(29)25-12-11-16-5-9-18(24)10-6-16/h3-10,13-14H,11-12H2,1-2H3,(H,25,29). The average molecular weight is 405 g/mol. The number of aromatic nitrogens is 3. The maximum atomic E-state index is 13.0. The van der Waals surface area contributed by atoms with Crippen LogP contribution in [0.4, 0.5) is 0 Å². The van der Waals surface area contributed by atoms with Gasteiger partial charge >= 0.3 is 0 Å². The third-order valence-electron chi connectivity index (χ3n) is 4.91. The Labute approximate surface area is 174 Å². The maximum Gasteiger partial charge on any atom is 0.252 e. The lowest BCUT2D eigenvalue weighted by atomic mass is 10.0. The number of halogens is 1. The van der Waals surface area contributed by atoms with Gasteiger partial charge in [-0.25, -0.2) is 4.98 Å². The normalized spacial score (nSPS) is 11.0. The highest BCUT2D eigenvalue weighted by molar-refractivity contribution is 6.30. The van der Waals surface area contributed by atoms with Crippen molar-refractivity contribution in [3.05, 3.63) is 82.5 Å². The molecule has 0 aliphatic heterocycles. The van der Waals surface area contributed by atoms with Gasteiger partial charge in [0.1, 0.15) is 0 Å². The lowest BCUT2D eigenvalue weighted by Crippen LogP contribution is -2.26. The molecule has 0 bridgehead atoms. The number of aryl methyl sites for hydroxylation is 2. The van der Waals surface area contributed by atoms with Crippen LogP contribution in [0.2, 0.25) is 5.02 Å². The molecule has 0 aliphatic carbocycles. The Morgan fingerprint density at radius 1 is 1.10 bits per heavy atom. The van der Waals surface area contributed by atoms with Gasteiger partial charge in [0, 0.05) is 24.2 Å². The molecule has 5 nitrogen and oxygen atoms in total. The fourth-order valence-electron chi connectivity index (χ4n) is 3.24. The number of carbonyl (C=O) groups is 1. The minimum atomic E-state index is -0.132. The Balaban J connectivity index is 1.60. The first-order valence-corrected chi connectivity index (χ1v) is 9.81. The van der Waals surface area contributed by atoms with E-state index >= 15 is 0 Å². The van der Waals surface area contributed by atoms with Crippen molar-refractivity contribution in [1.82, 2.24) is 20.1 Å². The lowest BCUT2D eigenvalue weighted by molar-refractivity contribution is 0.0955. The third kappa shape index (κ3) is 4.15. The zero-order chi connectivity index (χ0) is 20.4. The Bertz CT molecular complexity index is 1160. The molecule has 0 radical (unpaired) electrons. The van der Waals surface area contributed by atoms with Gasteiger partial charge in [-0.15, -0.1) is 0 Å². The SMILES string of the molecule is Cc1ccc(-c2cc(C(=O)NCCc3ccc(Cl)cc3)c3cnn(C)c3n2)cc1. The van der Waals surface area contributed by atoms with Gasteiger partial charge in [-0.3, -0.25) is 9.48 Å². The number of amides is 1. The second kappa shape index (κ2) is 8.05. The summed E-state index contributed by atoms with van der Waals surface area (Å²) in [5, 5.41) is 8.75. The second-order valence-electron chi connectivity index (χ2n) is 7.06. The summed E-state index contributed by atoms with van der Waals surface area (Å²) in [5.41, 5.74) is 5.28. The zero-order valence-electron chi connectivity index (χ0n) is 16.3. The number of hydrogen-bond donors (Lipinski definition) is 1. The topological polar surface area (TPSA) is 59.8 Å². The van der Waals surface area contributed by atoms with Crippen LogP contribution in [0.5, 0.6) is 0 Å². The quantitative estimate of drug-likeness (QED) is 0.530. The summed E-state index contributed by atoms with van der Waals surface area (Å²) in [7, 11) is 1.83. The summed E-state index contributed by atoms with van der Waals surface area (Å²) in [4.78, 5) is 17.7. The van der Waals surface area contributed by atoms with E-state index in [1.54, 1.807) is 10.9 Å². The molecule has 0 unspecified atom stereocenters. The molecule has 4 rings (SSSR count). The Morgan fingerprint density at radius 3 is 2.55 bits per heavy atom. The summed E-state index contributed by atoms with van der Waals surface area (Å²) >= 11 is 5.92. The number of fused-ring (bicyclic) bond motifs is 1. The third-order valence-corrected chi connectivity index (χ3v) is 5.16. The molecular formula is C23H21ClN4O. The molecule has 146 valence electrons. The van der Waals surface area contributed by atoms with E-state index in [9.17, 15) is 4.79 Å². The van der Waals surface area contributed by atoms with Crippen LogP contribution in [-0.2, 0) is 13.5 Å². The van der Waals surface area contributed by atoms with E-state index in [4.69, 9.17) is 16.6 Å². The molecule has 0 fully saturated rings. The smallest absolute Gasteiger partial charge is 0.252 e. The van der Waals surface area contributed by atoms with Gasteiger partial charge in [-0.05, 0) is 37.1 Å². The Hall–Kier alpha value is -3.18. The van der Waals surface area contributed by atoms with Crippen LogP contribution in [0.25, 0.3) is 22.3 Å². The largest absolute Gasteiger partial charge is 0.352 e. The lowest BCUT2D eigenvalue weighted by Gasteiger charge is -2.09. The van der Waals surface area contributed by atoms with Gasteiger partial charge in [-0.2, -0.15) is 5.10 Å². The second-order valence-corrected chi connectivity index (χ2v) is 7.50. The molecule has 0 saturated heterocycles. The monoisotopic (exact) mass is 404 g/mol. The number of rotatable bonds is 5. The van der Waals surface area contributed by atoms with Crippen molar-refractivity contribution in [2.24, 2.45) is 7.05 Å². The molecule has 0 aliphatic rings. The first-order chi connectivity index (χ1) is 14.0.